The van der Waals surface area contributed by atoms with E-state index in [-0.39, 0.29) is 39.5 Å². The fourth-order valence-corrected chi connectivity index (χ4v) is 3.90. The van der Waals surface area contributed by atoms with Crippen molar-refractivity contribution in [3.05, 3.63) is 34.5 Å². The van der Waals surface area contributed by atoms with Crippen LogP contribution in [0.4, 0.5) is 0 Å². The first-order chi connectivity index (χ1) is 17.1. The third-order valence-electron chi connectivity index (χ3n) is 5.76. The molecule has 36 heavy (non-hydrogen) atoms. The minimum atomic E-state index is -1.80. The Morgan fingerprint density at radius 2 is 1.58 bits per heavy atom. The van der Waals surface area contributed by atoms with E-state index in [1.165, 1.54) is 26.4 Å². The van der Waals surface area contributed by atoms with E-state index < -0.39 is 60.0 Å². The van der Waals surface area contributed by atoms with Crippen molar-refractivity contribution in [1.82, 2.24) is 0 Å². The summed E-state index contributed by atoms with van der Waals surface area (Å²) >= 11 is 0. The third-order valence-corrected chi connectivity index (χ3v) is 5.76. The number of phenolic OH excluding ortho intramolecular Hbond substituents is 3. The normalized spacial score (nSPS) is 24.0. The minimum absolute atomic E-state index is 0.142. The molecule has 1 aromatic heterocycles. The number of fused-ring (bicyclic) bond motifs is 1. The second kappa shape index (κ2) is 9.72. The van der Waals surface area contributed by atoms with Gasteiger partial charge < -0.3 is 59.1 Å². The van der Waals surface area contributed by atoms with E-state index in [2.05, 4.69) is 0 Å². The van der Waals surface area contributed by atoms with E-state index in [1.807, 2.05) is 0 Å². The summed E-state index contributed by atoms with van der Waals surface area (Å²) in [4.78, 5) is 13.5. The predicted molar refractivity (Wildman–Crippen MR) is 120 cm³/mol. The molecule has 0 bridgehead atoms. The van der Waals surface area contributed by atoms with Gasteiger partial charge in [0.2, 0.25) is 23.2 Å². The molecule has 0 saturated carbocycles. The number of rotatable bonds is 6. The Labute approximate surface area is 202 Å². The number of aromatic hydroxyl groups is 3. The van der Waals surface area contributed by atoms with E-state index in [0.717, 1.165) is 12.1 Å². The van der Waals surface area contributed by atoms with Crippen molar-refractivity contribution in [1.29, 1.82) is 0 Å². The fourth-order valence-electron chi connectivity index (χ4n) is 3.90. The molecule has 7 N–H and O–H groups in total. The maximum absolute atomic E-state index is 13.5. The molecule has 1 aliphatic rings. The minimum Gasteiger partial charge on any atom is -0.504 e. The average Bonchev–Trinajstić information content (AvgIpc) is 2.85. The van der Waals surface area contributed by atoms with Crippen LogP contribution in [0.5, 0.6) is 34.5 Å². The van der Waals surface area contributed by atoms with Crippen molar-refractivity contribution in [2.75, 3.05) is 20.8 Å². The largest absolute Gasteiger partial charge is 0.504 e. The monoisotopic (exact) mass is 508 g/mol. The Morgan fingerprint density at radius 1 is 0.889 bits per heavy atom. The van der Waals surface area contributed by atoms with Crippen LogP contribution in [-0.2, 0) is 4.74 Å². The van der Waals surface area contributed by atoms with Crippen molar-refractivity contribution < 1.29 is 59.1 Å². The van der Waals surface area contributed by atoms with E-state index in [4.69, 9.17) is 23.4 Å². The van der Waals surface area contributed by atoms with Crippen LogP contribution in [-0.4, -0.2) is 87.3 Å². The third kappa shape index (κ3) is 4.12. The first-order valence-corrected chi connectivity index (χ1v) is 10.6. The number of aliphatic hydroxyl groups is 4. The van der Waals surface area contributed by atoms with Gasteiger partial charge in [-0.1, -0.05) is 0 Å². The highest BCUT2D eigenvalue weighted by molar-refractivity contribution is 5.93. The van der Waals surface area contributed by atoms with Crippen molar-refractivity contribution in [3.63, 3.8) is 0 Å². The molecular formula is C23H24O13. The van der Waals surface area contributed by atoms with Gasteiger partial charge in [-0.2, -0.15) is 0 Å². The Morgan fingerprint density at radius 3 is 2.19 bits per heavy atom. The van der Waals surface area contributed by atoms with Crippen LogP contribution in [0.1, 0.15) is 0 Å². The molecule has 2 aromatic carbocycles. The molecule has 0 unspecified atom stereocenters. The van der Waals surface area contributed by atoms with Crippen LogP contribution in [0.15, 0.2) is 33.5 Å². The number of hydrogen-bond acceptors (Lipinski definition) is 13. The zero-order valence-corrected chi connectivity index (χ0v) is 19.0. The summed E-state index contributed by atoms with van der Waals surface area (Å²) in [7, 11) is 2.40. The van der Waals surface area contributed by atoms with Crippen molar-refractivity contribution in [2.45, 2.75) is 30.7 Å². The van der Waals surface area contributed by atoms with Crippen LogP contribution < -0.4 is 19.6 Å². The van der Waals surface area contributed by atoms with Crippen molar-refractivity contribution in [3.8, 4) is 45.8 Å². The van der Waals surface area contributed by atoms with Gasteiger partial charge in [-0.05, 0) is 18.2 Å². The zero-order valence-electron chi connectivity index (χ0n) is 19.0. The smallest absolute Gasteiger partial charge is 0.239 e. The van der Waals surface area contributed by atoms with Crippen molar-refractivity contribution in [2.24, 2.45) is 0 Å². The van der Waals surface area contributed by atoms with Crippen LogP contribution in [0, 0.1) is 0 Å². The number of benzene rings is 2. The molecule has 2 heterocycles. The predicted octanol–water partition coefficient (Wildman–Crippen LogP) is -0.227. The van der Waals surface area contributed by atoms with Gasteiger partial charge in [0.25, 0.3) is 0 Å². The molecule has 1 aliphatic heterocycles. The Balaban J connectivity index is 1.92. The lowest BCUT2D eigenvalue weighted by atomic mass is 9.99. The average molecular weight is 508 g/mol. The summed E-state index contributed by atoms with van der Waals surface area (Å²) in [5.74, 6) is -2.56. The van der Waals surface area contributed by atoms with Crippen molar-refractivity contribution >= 4 is 11.0 Å². The summed E-state index contributed by atoms with van der Waals surface area (Å²) in [6.07, 6.45) is -8.14. The molecule has 194 valence electrons. The van der Waals surface area contributed by atoms with Crippen LogP contribution >= 0.6 is 0 Å². The quantitative estimate of drug-likeness (QED) is 0.215. The Hall–Kier alpha value is -3.75. The van der Waals surface area contributed by atoms with Gasteiger partial charge in [-0.3, -0.25) is 4.79 Å². The van der Waals surface area contributed by atoms with Gasteiger partial charge in [0.15, 0.2) is 28.6 Å². The van der Waals surface area contributed by atoms with Crippen LogP contribution in [0.25, 0.3) is 22.3 Å². The highest BCUT2D eigenvalue weighted by atomic mass is 16.7. The van der Waals surface area contributed by atoms with Gasteiger partial charge >= 0.3 is 0 Å². The number of phenols is 3. The summed E-state index contributed by atoms with van der Waals surface area (Å²) in [6.45, 7) is -0.710. The number of methoxy groups -OCH3 is 2. The molecule has 1 fully saturated rings. The summed E-state index contributed by atoms with van der Waals surface area (Å²) < 4.78 is 27.3. The molecule has 3 aromatic rings. The topological polar surface area (TPSA) is 209 Å². The van der Waals surface area contributed by atoms with Gasteiger partial charge in [0.1, 0.15) is 35.6 Å². The summed E-state index contributed by atoms with van der Waals surface area (Å²) in [5.41, 5.74) is -0.965. The lowest BCUT2D eigenvalue weighted by Gasteiger charge is -2.39. The first-order valence-electron chi connectivity index (χ1n) is 10.6. The number of ether oxygens (including phenoxy) is 4. The molecule has 0 radical (unpaired) electrons. The number of hydrogen-bond donors (Lipinski definition) is 7. The summed E-state index contributed by atoms with van der Waals surface area (Å²) in [5, 5.41) is 69.6. The van der Waals surface area contributed by atoms with E-state index >= 15 is 0 Å². The van der Waals surface area contributed by atoms with Crippen LogP contribution in [0.3, 0.4) is 0 Å². The van der Waals surface area contributed by atoms with E-state index in [9.17, 15) is 40.5 Å². The Bertz CT molecular complexity index is 1330. The molecule has 0 aliphatic carbocycles. The highest BCUT2D eigenvalue weighted by Gasteiger charge is 2.45. The van der Waals surface area contributed by atoms with E-state index in [1.54, 1.807) is 0 Å². The second-order valence-electron chi connectivity index (χ2n) is 7.94. The van der Waals surface area contributed by atoms with Gasteiger partial charge in [-0.25, -0.2) is 0 Å². The molecule has 4 rings (SSSR count). The number of aliphatic hydroxyl groups excluding tert-OH is 4. The maximum atomic E-state index is 13.5. The molecule has 0 amide bonds. The maximum Gasteiger partial charge on any atom is 0.239 e. The molecular weight excluding hydrogens is 484 g/mol. The van der Waals surface area contributed by atoms with Gasteiger partial charge in [0.05, 0.1) is 20.8 Å². The van der Waals surface area contributed by atoms with Gasteiger partial charge in [-0.15, -0.1) is 0 Å². The molecule has 1 saturated heterocycles. The lowest BCUT2D eigenvalue weighted by molar-refractivity contribution is -0.277. The van der Waals surface area contributed by atoms with Gasteiger partial charge in [0, 0.05) is 11.6 Å². The fraction of sp³-hybridized carbons (Fsp3) is 0.348. The SMILES string of the molecule is COc1c(-c2ccc(O)c(O)c2)oc2c(OC)c(O)cc(O[C@@H]3O[C@H](CO)[C@@H](O)[C@H](O)[C@H]3O)c2c1=O. The molecule has 13 heteroatoms. The Kier molecular flexibility index (Phi) is 6.84. The van der Waals surface area contributed by atoms with E-state index in [0.29, 0.717) is 0 Å². The standard InChI is InChI=1S/C23H24O13/c1-32-20-11(27)6-12(34-23-18(31)17(30)15(28)13(7-24)35-23)14-16(29)22(33-2)19(36-21(14)20)8-3-4-9(25)10(26)5-8/h3-6,13,15,17-18,23-28,30-31H,7H2,1-2H3/t13-,15-,17+,18-,23-/m1/s1. The summed E-state index contributed by atoms with van der Waals surface area (Å²) in [6, 6.07) is 4.64. The van der Waals surface area contributed by atoms with Crippen LogP contribution in [0.2, 0.25) is 0 Å². The molecule has 5 atom stereocenters. The molecule has 13 nitrogen and oxygen atoms in total. The lowest BCUT2D eigenvalue weighted by Crippen LogP contribution is -2.60. The first kappa shape index (κ1) is 25.3. The zero-order chi connectivity index (χ0) is 26.3. The highest BCUT2D eigenvalue weighted by Crippen LogP contribution is 2.44. The molecule has 0 spiro atoms. The second-order valence-corrected chi connectivity index (χ2v) is 7.94.